The fourth-order valence-corrected chi connectivity index (χ4v) is 1.44. The summed E-state index contributed by atoms with van der Waals surface area (Å²) in [6.07, 6.45) is 1.53. The number of nitrogens with one attached hydrogen (secondary N) is 1. The van der Waals surface area contributed by atoms with Crippen LogP contribution in [0.2, 0.25) is 0 Å². The lowest BCUT2D eigenvalue weighted by Gasteiger charge is -2.10. The summed E-state index contributed by atoms with van der Waals surface area (Å²) in [5.41, 5.74) is 1.16. The zero-order valence-electron chi connectivity index (χ0n) is 10.9. The second kappa shape index (κ2) is 6.59. The number of ketones is 1. The summed E-state index contributed by atoms with van der Waals surface area (Å²) in [6.45, 7) is 1.80. The van der Waals surface area contributed by atoms with E-state index in [2.05, 4.69) is 5.32 Å². The third-order valence-corrected chi connectivity index (χ3v) is 2.31. The molecule has 1 rings (SSSR count). The van der Waals surface area contributed by atoms with E-state index in [4.69, 9.17) is 0 Å². The van der Waals surface area contributed by atoms with E-state index in [1.165, 1.54) is 13.1 Å². The molecule has 4 heteroatoms. The van der Waals surface area contributed by atoms with Gasteiger partial charge in [-0.25, -0.2) is 0 Å². The maximum Gasteiger partial charge on any atom is 0.256 e. The Bertz CT molecular complexity index is 450. The van der Waals surface area contributed by atoms with Gasteiger partial charge in [0, 0.05) is 26.8 Å². The van der Waals surface area contributed by atoms with Gasteiger partial charge >= 0.3 is 0 Å². The van der Waals surface area contributed by atoms with E-state index in [0.717, 1.165) is 5.56 Å². The Morgan fingerprint density at radius 1 is 1.22 bits per heavy atom. The first-order chi connectivity index (χ1) is 8.50. The molecule has 0 heterocycles. The van der Waals surface area contributed by atoms with Gasteiger partial charge in [-0.3, -0.25) is 9.59 Å². The van der Waals surface area contributed by atoms with Gasteiger partial charge in [-0.1, -0.05) is 30.3 Å². The smallest absolute Gasteiger partial charge is 0.256 e. The molecular formula is C14H18N2O2. The Hall–Kier alpha value is -2.10. The number of carbonyl (C=O) groups excluding carboxylic acids is 2. The van der Waals surface area contributed by atoms with Crippen molar-refractivity contribution in [3.8, 4) is 0 Å². The summed E-state index contributed by atoms with van der Waals surface area (Å²) in [7, 11) is 3.54. The molecule has 0 radical (unpaired) electrons. The largest absolute Gasteiger partial charge is 0.383 e. The number of Topliss-reactive ketones (excluding diaryl/α,β-unsaturated/α-hetero) is 1. The van der Waals surface area contributed by atoms with Crippen LogP contribution in [0.15, 0.2) is 42.1 Å². The molecule has 1 aromatic rings. The molecule has 96 valence electrons. The first-order valence-electron chi connectivity index (χ1n) is 5.72. The van der Waals surface area contributed by atoms with Gasteiger partial charge in [0.15, 0.2) is 5.78 Å². The predicted molar refractivity (Wildman–Crippen MR) is 70.7 cm³/mol. The molecule has 18 heavy (non-hydrogen) atoms. The summed E-state index contributed by atoms with van der Waals surface area (Å²) < 4.78 is 0. The Labute approximate surface area is 107 Å². The molecule has 0 fully saturated rings. The van der Waals surface area contributed by atoms with Crippen molar-refractivity contribution >= 4 is 11.7 Å². The van der Waals surface area contributed by atoms with E-state index >= 15 is 0 Å². The van der Waals surface area contributed by atoms with Crippen LogP contribution in [0.3, 0.4) is 0 Å². The number of hydrogen-bond acceptors (Lipinski definition) is 3. The molecule has 0 saturated heterocycles. The summed E-state index contributed by atoms with van der Waals surface area (Å²) in [5.74, 6) is -0.589. The van der Waals surface area contributed by atoms with Crippen LogP contribution in [-0.2, 0) is 16.1 Å². The molecule has 1 N–H and O–H groups in total. The van der Waals surface area contributed by atoms with Crippen LogP contribution in [0.5, 0.6) is 0 Å². The normalized spacial score (nSPS) is 10.9. The Morgan fingerprint density at radius 2 is 1.83 bits per heavy atom. The van der Waals surface area contributed by atoms with Crippen molar-refractivity contribution in [2.24, 2.45) is 0 Å². The molecule has 0 aliphatic rings. The standard InChI is InChI=1S/C14H18N2O2/c1-11(17)13(10-16(2)3)14(18)15-9-12-7-5-4-6-8-12/h4-8,10H,9H2,1-3H3,(H,15,18)/b13-10-. The third-order valence-electron chi connectivity index (χ3n) is 2.31. The fraction of sp³-hybridized carbons (Fsp3) is 0.286. The average molecular weight is 246 g/mol. The molecule has 0 aromatic heterocycles. The highest BCUT2D eigenvalue weighted by molar-refractivity contribution is 6.18. The van der Waals surface area contributed by atoms with Crippen LogP contribution in [0.1, 0.15) is 12.5 Å². The quantitative estimate of drug-likeness (QED) is 0.484. The van der Waals surface area contributed by atoms with Gasteiger partial charge in [0.25, 0.3) is 5.91 Å². The van der Waals surface area contributed by atoms with E-state index in [0.29, 0.717) is 6.54 Å². The van der Waals surface area contributed by atoms with Crippen LogP contribution in [-0.4, -0.2) is 30.7 Å². The maximum atomic E-state index is 11.9. The van der Waals surface area contributed by atoms with Crippen LogP contribution in [0, 0.1) is 0 Å². The number of hydrogen-bond donors (Lipinski definition) is 1. The first kappa shape index (κ1) is 14.0. The lowest BCUT2D eigenvalue weighted by atomic mass is 10.1. The van der Waals surface area contributed by atoms with Gasteiger partial charge in [-0.05, 0) is 12.5 Å². The molecule has 0 saturated carbocycles. The molecule has 0 atom stereocenters. The number of amides is 1. The second-order valence-electron chi connectivity index (χ2n) is 4.23. The van der Waals surface area contributed by atoms with Crippen molar-refractivity contribution in [2.45, 2.75) is 13.5 Å². The summed E-state index contributed by atoms with van der Waals surface area (Å²) in [6, 6.07) is 9.57. The molecule has 0 unspecified atom stereocenters. The van der Waals surface area contributed by atoms with Gasteiger partial charge in [0.1, 0.15) is 0 Å². The Morgan fingerprint density at radius 3 is 2.33 bits per heavy atom. The Balaban J connectivity index is 2.66. The average Bonchev–Trinajstić information content (AvgIpc) is 2.34. The minimum atomic E-state index is -0.347. The summed E-state index contributed by atoms with van der Waals surface area (Å²) >= 11 is 0. The van der Waals surface area contributed by atoms with E-state index in [1.54, 1.807) is 19.0 Å². The van der Waals surface area contributed by atoms with E-state index in [1.807, 2.05) is 30.3 Å². The molecular weight excluding hydrogens is 228 g/mol. The van der Waals surface area contributed by atoms with Crippen LogP contribution in [0.25, 0.3) is 0 Å². The molecule has 4 nitrogen and oxygen atoms in total. The molecule has 0 aliphatic heterocycles. The second-order valence-corrected chi connectivity index (χ2v) is 4.23. The minimum Gasteiger partial charge on any atom is -0.383 e. The van der Waals surface area contributed by atoms with Crippen LogP contribution >= 0.6 is 0 Å². The van der Waals surface area contributed by atoms with Crippen molar-refractivity contribution in [1.29, 1.82) is 0 Å². The van der Waals surface area contributed by atoms with Gasteiger partial charge in [-0.2, -0.15) is 0 Å². The van der Waals surface area contributed by atoms with Crippen molar-refractivity contribution < 1.29 is 9.59 Å². The van der Waals surface area contributed by atoms with Crippen molar-refractivity contribution in [2.75, 3.05) is 14.1 Å². The molecule has 1 aromatic carbocycles. The maximum absolute atomic E-state index is 11.9. The molecule has 0 bridgehead atoms. The summed E-state index contributed by atoms with van der Waals surface area (Å²) in [4.78, 5) is 24.9. The van der Waals surface area contributed by atoms with Crippen molar-refractivity contribution in [3.63, 3.8) is 0 Å². The van der Waals surface area contributed by atoms with Gasteiger partial charge in [0.05, 0.1) is 5.57 Å². The topological polar surface area (TPSA) is 49.4 Å². The zero-order valence-corrected chi connectivity index (χ0v) is 10.9. The molecule has 0 aliphatic carbocycles. The summed E-state index contributed by atoms with van der Waals surface area (Å²) in [5, 5.41) is 2.73. The number of nitrogens with zero attached hydrogens (tertiary/aromatic N) is 1. The van der Waals surface area contributed by atoms with Gasteiger partial charge < -0.3 is 10.2 Å². The number of benzene rings is 1. The van der Waals surface area contributed by atoms with Crippen LogP contribution < -0.4 is 5.32 Å². The monoisotopic (exact) mass is 246 g/mol. The highest BCUT2D eigenvalue weighted by Crippen LogP contribution is 2.01. The number of rotatable bonds is 5. The van der Waals surface area contributed by atoms with Gasteiger partial charge in [-0.15, -0.1) is 0 Å². The fourth-order valence-electron chi connectivity index (χ4n) is 1.44. The van der Waals surface area contributed by atoms with Crippen molar-refractivity contribution in [1.82, 2.24) is 10.2 Å². The predicted octanol–water partition coefficient (Wildman–Crippen LogP) is 1.34. The van der Waals surface area contributed by atoms with Gasteiger partial charge in [0.2, 0.25) is 0 Å². The zero-order chi connectivity index (χ0) is 13.5. The molecule has 1 amide bonds. The van der Waals surface area contributed by atoms with E-state index in [-0.39, 0.29) is 17.3 Å². The van der Waals surface area contributed by atoms with Crippen LogP contribution in [0.4, 0.5) is 0 Å². The van der Waals surface area contributed by atoms with E-state index < -0.39 is 0 Å². The molecule has 0 spiro atoms. The lowest BCUT2D eigenvalue weighted by molar-refractivity contribution is -0.121. The number of carbonyl (C=O) groups is 2. The minimum absolute atomic E-state index is 0.163. The first-order valence-corrected chi connectivity index (χ1v) is 5.72. The Kier molecular flexibility index (Phi) is 5.11. The SMILES string of the molecule is CC(=O)/C(=C/N(C)C)C(=O)NCc1ccccc1. The van der Waals surface area contributed by atoms with Crippen molar-refractivity contribution in [3.05, 3.63) is 47.7 Å². The third kappa shape index (κ3) is 4.41. The highest BCUT2D eigenvalue weighted by Gasteiger charge is 2.14. The highest BCUT2D eigenvalue weighted by atomic mass is 16.2. The lowest BCUT2D eigenvalue weighted by Crippen LogP contribution is -2.28. The van der Waals surface area contributed by atoms with E-state index in [9.17, 15) is 9.59 Å².